The predicted octanol–water partition coefficient (Wildman–Crippen LogP) is 2.89. The van der Waals surface area contributed by atoms with Gasteiger partial charge in [0.25, 0.3) is 0 Å². The summed E-state index contributed by atoms with van der Waals surface area (Å²) in [4.78, 5) is 2.45. The molecule has 2 nitrogen and oxygen atoms in total. The number of likely N-dealkylation sites (N-methyl/N-ethyl adjacent to an activating group) is 1. The van der Waals surface area contributed by atoms with Crippen molar-refractivity contribution in [3.05, 3.63) is 34.3 Å². The van der Waals surface area contributed by atoms with E-state index in [1.54, 1.807) is 0 Å². The lowest BCUT2D eigenvalue weighted by molar-refractivity contribution is 0.193. The zero-order valence-corrected chi connectivity index (χ0v) is 12.5. The molecule has 1 aromatic carbocycles. The third-order valence-electron chi connectivity index (χ3n) is 3.45. The highest BCUT2D eigenvalue weighted by atomic mass is 79.9. The number of benzene rings is 1. The average molecular weight is 315 g/mol. The van der Waals surface area contributed by atoms with Crippen LogP contribution < -0.4 is 5.73 Å². The van der Waals surface area contributed by atoms with Gasteiger partial charge in [0.15, 0.2) is 0 Å². The minimum atomic E-state index is 0.340. The zero-order chi connectivity index (χ0) is 12.3. The van der Waals surface area contributed by atoms with Crippen molar-refractivity contribution in [1.29, 1.82) is 0 Å². The van der Waals surface area contributed by atoms with Crippen molar-refractivity contribution in [3.63, 3.8) is 0 Å². The molecule has 0 saturated carbocycles. The molecule has 0 aliphatic carbocycles. The summed E-state index contributed by atoms with van der Waals surface area (Å²) in [7, 11) is 2.20. The summed E-state index contributed by atoms with van der Waals surface area (Å²) in [5, 5.41) is 0. The van der Waals surface area contributed by atoms with E-state index in [1.165, 1.54) is 23.5 Å². The topological polar surface area (TPSA) is 29.3 Å². The molecule has 0 amide bonds. The molecule has 0 spiro atoms. The number of hydrogen-bond donors (Lipinski definition) is 1. The first-order chi connectivity index (χ1) is 8.22. The zero-order valence-electron chi connectivity index (χ0n) is 10.1. The van der Waals surface area contributed by atoms with Gasteiger partial charge >= 0.3 is 0 Å². The van der Waals surface area contributed by atoms with Crippen LogP contribution in [-0.4, -0.2) is 36.0 Å². The first-order valence-electron chi connectivity index (χ1n) is 5.97. The molecule has 94 valence electrons. The van der Waals surface area contributed by atoms with E-state index in [-0.39, 0.29) is 0 Å². The third kappa shape index (κ3) is 3.25. The van der Waals surface area contributed by atoms with E-state index in [0.717, 1.165) is 4.47 Å². The van der Waals surface area contributed by atoms with Gasteiger partial charge in [-0.05, 0) is 36.9 Å². The molecular formula is C13H19BrN2S. The lowest BCUT2D eigenvalue weighted by Gasteiger charge is -2.32. The lowest BCUT2D eigenvalue weighted by atomic mass is 10.0. The Kier molecular flexibility index (Phi) is 4.91. The van der Waals surface area contributed by atoms with Crippen LogP contribution in [0.3, 0.4) is 0 Å². The average Bonchev–Trinajstić information content (AvgIpc) is 2.86. The molecule has 2 atom stereocenters. The van der Waals surface area contributed by atoms with Crippen LogP contribution in [0.2, 0.25) is 0 Å². The van der Waals surface area contributed by atoms with Gasteiger partial charge in [0.2, 0.25) is 0 Å². The lowest BCUT2D eigenvalue weighted by Crippen LogP contribution is -2.38. The summed E-state index contributed by atoms with van der Waals surface area (Å²) in [6.45, 7) is 0.680. The summed E-state index contributed by atoms with van der Waals surface area (Å²) >= 11 is 5.52. The fourth-order valence-electron chi connectivity index (χ4n) is 2.32. The molecular weight excluding hydrogens is 296 g/mol. The maximum Gasteiger partial charge on any atom is 0.0470 e. The number of rotatable bonds is 4. The fourth-order valence-corrected chi connectivity index (χ4v) is 3.86. The normalized spacial score (nSPS) is 22.0. The highest BCUT2D eigenvalue weighted by molar-refractivity contribution is 9.10. The second-order valence-electron chi connectivity index (χ2n) is 4.49. The van der Waals surface area contributed by atoms with Crippen molar-refractivity contribution in [2.45, 2.75) is 18.5 Å². The largest absolute Gasteiger partial charge is 0.329 e. The van der Waals surface area contributed by atoms with E-state index in [0.29, 0.717) is 18.6 Å². The molecule has 4 heteroatoms. The number of thioether (sulfide) groups is 1. The van der Waals surface area contributed by atoms with Gasteiger partial charge < -0.3 is 5.73 Å². The van der Waals surface area contributed by atoms with E-state index in [4.69, 9.17) is 5.73 Å². The van der Waals surface area contributed by atoms with E-state index in [9.17, 15) is 0 Å². The Morgan fingerprint density at radius 3 is 2.71 bits per heavy atom. The number of halogens is 1. The molecule has 2 N–H and O–H groups in total. The van der Waals surface area contributed by atoms with Gasteiger partial charge in [-0.1, -0.05) is 28.1 Å². The first kappa shape index (κ1) is 13.4. The molecule has 0 radical (unpaired) electrons. The standard InChI is InChI=1S/C13H19BrN2S/c1-16(12-6-7-17-9-12)13(8-15)10-2-4-11(14)5-3-10/h2-5,12-13H,6-9,15H2,1H3. The van der Waals surface area contributed by atoms with E-state index in [1.807, 2.05) is 11.8 Å². The van der Waals surface area contributed by atoms with Crippen LogP contribution in [0.15, 0.2) is 28.7 Å². The smallest absolute Gasteiger partial charge is 0.0470 e. The van der Waals surface area contributed by atoms with Gasteiger partial charge in [0.05, 0.1) is 0 Å². The highest BCUT2D eigenvalue weighted by Gasteiger charge is 2.26. The van der Waals surface area contributed by atoms with E-state index >= 15 is 0 Å². The third-order valence-corrected chi connectivity index (χ3v) is 5.12. The molecule has 1 aromatic rings. The van der Waals surface area contributed by atoms with Gasteiger partial charge in [0, 0.05) is 28.9 Å². The Morgan fingerprint density at radius 2 is 2.18 bits per heavy atom. The van der Waals surface area contributed by atoms with Crippen molar-refractivity contribution >= 4 is 27.7 Å². The van der Waals surface area contributed by atoms with Gasteiger partial charge in [-0.3, -0.25) is 4.90 Å². The van der Waals surface area contributed by atoms with Gasteiger partial charge in [0.1, 0.15) is 0 Å². The summed E-state index contributed by atoms with van der Waals surface area (Å²) in [5.74, 6) is 2.52. The summed E-state index contributed by atoms with van der Waals surface area (Å²) in [5.41, 5.74) is 7.27. The van der Waals surface area contributed by atoms with Crippen LogP contribution in [0.4, 0.5) is 0 Å². The van der Waals surface area contributed by atoms with Crippen LogP contribution in [0.25, 0.3) is 0 Å². The maximum atomic E-state index is 5.95. The quantitative estimate of drug-likeness (QED) is 0.926. The number of nitrogens with two attached hydrogens (primary N) is 1. The summed E-state index contributed by atoms with van der Waals surface area (Å²) < 4.78 is 1.12. The Labute approximate surface area is 116 Å². The second kappa shape index (κ2) is 6.23. The Morgan fingerprint density at radius 1 is 1.47 bits per heavy atom. The molecule has 2 unspecified atom stereocenters. The van der Waals surface area contributed by atoms with Crippen LogP contribution in [0, 0.1) is 0 Å². The SMILES string of the molecule is CN(C1CCSC1)C(CN)c1ccc(Br)cc1. The minimum Gasteiger partial charge on any atom is -0.329 e. The van der Waals surface area contributed by atoms with Gasteiger partial charge in [-0.15, -0.1) is 0 Å². The van der Waals surface area contributed by atoms with Crippen molar-refractivity contribution < 1.29 is 0 Å². The van der Waals surface area contributed by atoms with Crippen molar-refractivity contribution in [3.8, 4) is 0 Å². The Hall–Kier alpha value is -0.0300. The number of nitrogens with zero attached hydrogens (tertiary/aromatic N) is 1. The molecule has 1 aliphatic heterocycles. The summed E-state index contributed by atoms with van der Waals surface area (Å²) in [6.07, 6.45) is 1.29. The highest BCUT2D eigenvalue weighted by Crippen LogP contribution is 2.28. The predicted molar refractivity (Wildman–Crippen MR) is 79.4 cm³/mol. The Bertz CT molecular complexity index is 349. The van der Waals surface area contributed by atoms with Crippen LogP contribution in [0.1, 0.15) is 18.0 Å². The number of hydrogen-bond acceptors (Lipinski definition) is 3. The van der Waals surface area contributed by atoms with E-state index < -0.39 is 0 Å². The van der Waals surface area contributed by atoms with Crippen molar-refractivity contribution in [2.24, 2.45) is 5.73 Å². The van der Waals surface area contributed by atoms with Crippen molar-refractivity contribution in [2.75, 3.05) is 25.1 Å². The van der Waals surface area contributed by atoms with Crippen molar-refractivity contribution in [1.82, 2.24) is 4.90 Å². The molecule has 1 saturated heterocycles. The van der Waals surface area contributed by atoms with E-state index in [2.05, 4.69) is 52.1 Å². The van der Waals surface area contributed by atoms with Crippen LogP contribution >= 0.6 is 27.7 Å². The van der Waals surface area contributed by atoms with Gasteiger partial charge in [-0.2, -0.15) is 11.8 Å². The molecule has 17 heavy (non-hydrogen) atoms. The van der Waals surface area contributed by atoms with Crippen LogP contribution in [0.5, 0.6) is 0 Å². The first-order valence-corrected chi connectivity index (χ1v) is 7.92. The Balaban J connectivity index is 2.11. The van der Waals surface area contributed by atoms with Crippen LogP contribution in [-0.2, 0) is 0 Å². The molecule has 0 aromatic heterocycles. The second-order valence-corrected chi connectivity index (χ2v) is 6.55. The monoisotopic (exact) mass is 314 g/mol. The molecule has 2 rings (SSSR count). The summed E-state index contributed by atoms with van der Waals surface area (Å²) in [6, 6.07) is 9.54. The maximum absolute atomic E-state index is 5.95. The minimum absolute atomic E-state index is 0.340. The fraction of sp³-hybridized carbons (Fsp3) is 0.538. The molecule has 1 heterocycles. The molecule has 1 aliphatic rings. The molecule has 0 bridgehead atoms. The molecule has 1 fully saturated rings. The van der Waals surface area contributed by atoms with Gasteiger partial charge in [-0.25, -0.2) is 0 Å².